The van der Waals surface area contributed by atoms with E-state index >= 15 is 0 Å². The lowest BCUT2D eigenvalue weighted by Crippen LogP contribution is -2.00. The van der Waals surface area contributed by atoms with Crippen LogP contribution in [0.4, 0.5) is 0 Å². The van der Waals surface area contributed by atoms with Gasteiger partial charge in [-0.15, -0.1) is 0 Å². The minimum Gasteiger partial charge on any atom is -0.339 e. The van der Waals surface area contributed by atoms with Crippen LogP contribution in [0, 0.1) is 0 Å². The SMILES string of the molecule is CCC(=O)Cc1nc(Cc2ccc(Cl)cc2Cl)no1. The zero-order chi connectivity index (χ0) is 13.8. The van der Waals surface area contributed by atoms with Gasteiger partial charge in [0.05, 0.1) is 6.42 Å². The fourth-order valence-electron chi connectivity index (χ4n) is 1.56. The number of benzene rings is 1. The van der Waals surface area contributed by atoms with E-state index in [9.17, 15) is 4.79 Å². The number of aromatic nitrogens is 2. The molecule has 0 spiro atoms. The fourth-order valence-corrected chi connectivity index (χ4v) is 2.04. The Morgan fingerprint density at radius 2 is 2.16 bits per heavy atom. The third-order valence-corrected chi connectivity index (χ3v) is 3.20. The molecule has 1 aromatic heterocycles. The Kier molecular flexibility index (Phi) is 4.56. The van der Waals surface area contributed by atoms with E-state index in [4.69, 9.17) is 27.7 Å². The van der Waals surface area contributed by atoms with Crippen molar-refractivity contribution in [3.63, 3.8) is 0 Å². The van der Waals surface area contributed by atoms with Crippen molar-refractivity contribution in [2.45, 2.75) is 26.2 Å². The molecule has 0 atom stereocenters. The summed E-state index contributed by atoms with van der Waals surface area (Å²) in [5, 5.41) is 4.97. The molecule has 19 heavy (non-hydrogen) atoms. The summed E-state index contributed by atoms with van der Waals surface area (Å²) in [6, 6.07) is 5.24. The number of nitrogens with zero attached hydrogens (tertiary/aromatic N) is 2. The van der Waals surface area contributed by atoms with Crippen LogP contribution in [0.5, 0.6) is 0 Å². The molecule has 0 amide bonds. The molecule has 1 aromatic carbocycles. The molecule has 2 rings (SSSR count). The monoisotopic (exact) mass is 298 g/mol. The number of hydrogen-bond donors (Lipinski definition) is 0. The number of rotatable bonds is 5. The van der Waals surface area contributed by atoms with Crippen LogP contribution in [-0.4, -0.2) is 15.9 Å². The molecule has 0 fully saturated rings. The molecular weight excluding hydrogens is 287 g/mol. The lowest BCUT2D eigenvalue weighted by Gasteiger charge is -2.00. The van der Waals surface area contributed by atoms with Crippen LogP contribution in [0.25, 0.3) is 0 Å². The van der Waals surface area contributed by atoms with Gasteiger partial charge in [0.1, 0.15) is 5.78 Å². The molecule has 100 valence electrons. The molecule has 0 N–H and O–H groups in total. The molecule has 0 saturated heterocycles. The first-order valence-corrected chi connectivity index (χ1v) is 6.61. The van der Waals surface area contributed by atoms with Gasteiger partial charge in [0.2, 0.25) is 5.89 Å². The molecule has 0 saturated carbocycles. The molecule has 0 aliphatic rings. The van der Waals surface area contributed by atoms with E-state index in [1.54, 1.807) is 19.1 Å². The standard InChI is InChI=1S/C13H12Cl2N2O2/c1-2-10(18)7-13-16-12(17-19-13)5-8-3-4-9(14)6-11(8)15/h3-4,6H,2,5,7H2,1H3. The van der Waals surface area contributed by atoms with Crippen molar-refractivity contribution in [1.82, 2.24) is 10.1 Å². The number of hydrogen-bond acceptors (Lipinski definition) is 4. The highest BCUT2D eigenvalue weighted by molar-refractivity contribution is 6.35. The summed E-state index contributed by atoms with van der Waals surface area (Å²) in [5.41, 5.74) is 0.861. The molecule has 4 nitrogen and oxygen atoms in total. The average molecular weight is 299 g/mol. The molecule has 6 heteroatoms. The van der Waals surface area contributed by atoms with Gasteiger partial charge in [-0.25, -0.2) is 0 Å². The number of carbonyl (C=O) groups excluding carboxylic acids is 1. The highest BCUT2D eigenvalue weighted by Crippen LogP contribution is 2.22. The Labute approximate surface area is 120 Å². The molecule has 0 radical (unpaired) electrons. The van der Waals surface area contributed by atoms with Crippen molar-refractivity contribution in [3.05, 3.63) is 45.5 Å². The first-order valence-electron chi connectivity index (χ1n) is 5.85. The van der Waals surface area contributed by atoms with Crippen LogP contribution < -0.4 is 0 Å². The van der Waals surface area contributed by atoms with Gasteiger partial charge in [-0.3, -0.25) is 4.79 Å². The third kappa shape index (κ3) is 3.78. The lowest BCUT2D eigenvalue weighted by atomic mass is 10.1. The Morgan fingerprint density at radius 1 is 1.37 bits per heavy atom. The summed E-state index contributed by atoms with van der Waals surface area (Å²) < 4.78 is 5.02. The summed E-state index contributed by atoms with van der Waals surface area (Å²) in [4.78, 5) is 15.4. The molecule has 0 aliphatic heterocycles. The van der Waals surface area contributed by atoms with Gasteiger partial charge in [0, 0.05) is 22.9 Å². The largest absolute Gasteiger partial charge is 0.339 e. The molecular formula is C13H12Cl2N2O2. The van der Waals surface area contributed by atoms with Gasteiger partial charge in [-0.05, 0) is 17.7 Å². The van der Waals surface area contributed by atoms with Crippen molar-refractivity contribution < 1.29 is 9.32 Å². The normalized spacial score (nSPS) is 10.7. The van der Waals surface area contributed by atoms with E-state index in [0.717, 1.165) is 5.56 Å². The van der Waals surface area contributed by atoms with Crippen LogP contribution in [0.15, 0.2) is 22.7 Å². The Hall–Kier alpha value is -1.39. The second-order valence-corrected chi connectivity index (χ2v) is 4.93. The average Bonchev–Trinajstić information content (AvgIpc) is 2.80. The smallest absolute Gasteiger partial charge is 0.234 e. The Bertz CT molecular complexity index is 596. The van der Waals surface area contributed by atoms with Gasteiger partial charge in [0.15, 0.2) is 5.82 Å². The minimum absolute atomic E-state index is 0.0692. The van der Waals surface area contributed by atoms with E-state index in [1.165, 1.54) is 0 Å². The molecule has 0 unspecified atom stereocenters. The van der Waals surface area contributed by atoms with Crippen LogP contribution in [0.3, 0.4) is 0 Å². The van der Waals surface area contributed by atoms with Crippen LogP contribution >= 0.6 is 23.2 Å². The van der Waals surface area contributed by atoms with E-state index in [1.807, 2.05) is 6.07 Å². The van der Waals surface area contributed by atoms with E-state index < -0.39 is 0 Å². The Morgan fingerprint density at radius 3 is 2.84 bits per heavy atom. The number of carbonyl (C=O) groups is 1. The first-order chi connectivity index (χ1) is 9.08. The van der Waals surface area contributed by atoms with Gasteiger partial charge < -0.3 is 4.52 Å². The molecule has 0 aliphatic carbocycles. The summed E-state index contributed by atoms with van der Waals surface area (Å²) in [6.45, 7) is 1.80. The van der Waals surface area contributed by atoms with E-state index in [-0.39, 0.29) is 12.2 Å². The maximum absolute atomic E-state index is 11.3. The zero-order valence-corrected chi connectivity index (χ0v) is 11.8. The topological polar surface area (TPSA) is 56.0 Å². The van der Waals surface area contributed by atoms with E-state index in [2.05, 4.69) is 10.1 Å². The predicted molar refractivity (Wildman–Crippen MR) is 72.6 cm³/mol. The first kappa shape index (κ1) is 14.0. The predicted octanol–water partition coefficient (Wildman–Crippen LogP) is 3.49. The van der Waals surface area contributed by atoms with Crippen molar-refractivity contribution in [2.24, 2.45) is 0 Å². The van der Waals surface area contributed by atoms with Crippen molar-refractivity contribution in [3.8, 4) is 0 Å². The molecule has 2 aromatic rings. The van der Waals surface area contributed by atoms with Crippen LogP contribution in [-0.2, 0) is 17.6 Å². The quantitative estimate of drug-likeness (QED) is 0.848. The number of Topliss-reactive ketones (excluding diaryl/α,β-unsaturated/α-hetero) is 1. The van der Waals surface area contributed by atoms with Crippen molar-refractivity contribution in [2.75, 3.05) is 0 Å². The van der Waals surface area contributed by atoms with Gasteiger partial charge >= 0.3 is 0 Å². The van der Waals surface area contributed by atoms with Gasteiger partial charge in [-0.2, -0.15) is 4.98 Å². The van der Waals surface area contributed by atoms with E-state index in [0.29, 0.717) is 34.6 Å². The third-order valence-electron chi connectivity index (χ3n) is 2.62. The number of halogens is 2. The Balaban J connectivity index is 2.09. The highest BCUT2D eigenvalue weighted by Gasteiger charge is 2.11. The van der Waals surface area contributed by atoms with Gasteiger partial charge in [-0.1, -0.05) is 41.3 Å². The summed E-state index contributed by atoms with van der Waals surface area (Å²) in [7, 11) is 0. The number of ketones is 1. The van der Waals surface area contributed by atoms with Gasteiger partial charge in [0.25, 0.3) is 0 Å². The highest BCUT2D eigenvalue weighted by atomic mass is 35.5. The second kappa shape index (κ2) is 6.17. The fraction of sp³-hybridized carbons (Fsp3) is 0.308. The minimum atomic E-state index is 0.0692. The van der Waals surface area contributed by atoms with Crippen LogP contribution in [0.1, 0.15) is 30.6 Å². The lowest BCUT2D eigenvalue weighted by molar-refractivity contribution is -0.118. The second-order valence-electron chi connectivity index (χ2n) is 4.09. The van der Waals surface area contributed by atoms with Crippen molar-refractivity contribution >= 4 is 29.0 Å². The van der Waals surface area contributed by atoms with Crippen LogP contribution in [0.2, 0.25) is 10.0 Å². The molecule has 1 heterocycles. The molecule has 0 bridgehead atoms. The zero-order valence-electron chi connectivity index (χ0n) is 10.3. The van der Waals surface area contributed by atoms with Crippen molar-refractivity contribution in [1.29, 1.82) is 0 Å². The maximum Gasteiger partial charge on any atom is 0.234 e. The maximum atomic E-state index is 11.3. The summed E-state index contributed by atoms with van der Waals surface area (Å²) in [6.07, 6.45) is 1.08. The summed E-state index contributed by atoms with van der Waals surface area (Å²) in [5.74, 6) is 0.912. The summed E-state index contributed by atoms with van der Waals surface area (Å²) >= 11 is 11.9.